The first-order valence-corrected chi connectivity index (χ1v) is 5.71. The Labute approximate surface area is 93.5 Å². The Kier molecular flexibility index (Phi) is 4.62. The van der Waals surface area contributed by atoms with Crippen LogP contribution in [-0.4, -0.2) is 23.2 Å². The van der Waals surface area contributed by atoms with Crippen molar-refractivity contribution >= 4 is 17.0 Å². The van der Waals surface area contributed by atoms with Gasteiger partial charge in [-0.15, -0.1) is 0 Å². The Balaban J connectivity index is 2.61. The molecule has 1 aromatic carbocycles. The topological polar surface area (TPSA) is 20.3 Å². The van der Waals surface area contributed by atoms with E-state index in [1.54, 1.807) is 17.0 Å². The number of carbonyl (C=O) groups is 1. The number of thioether (sulfide) groups is 1. The molecule has 82 valence electrons. The summed E-state index contributed by atoms with van der Waals surface area (Å²) in [7, 11) is 0. The number of nitrogens with zero attached hydrogens (tertiary/aromatic N) is 1. The molecule has 0 fully saturated rings. The maximum Gasteiger partial charge on any atom is 0.286 e. The van der Waals surface area contributed by atoms with Gasteiger partial charge in [0.25, 0.3) is 5.24 Å². The Hall–Kier alpha value is -1.03. The molecule has 15 heavy (non-hydrogen) atoms. The fraction of sp³-hybridized carbons (Fsp3) is 0.364. The normalized spacial score (nSPS) is 10.1. The zero-order chi connectivity index (χ0) is 11.3. The van der Waals surface area contributed by atoms with Gasteiger partial charge in [-0.2, -0.15) is 0 Å². The number of hydrogen-bond donors (Lipinski definition) is 0. The minimum Gasteiger partial charge on any atom is -0.334 e. The van der Waals surface area contributed by atoms with Crippen LogP contribution in [0.25, 0.3) is 0 Å². The largest absolute Gasteiger partial charge is 0.334 e. The summed E-state index contributed by atoms with van der Waals surface area (Å²) < 4.78 is 12.6. The smallest absolute Gasteiger partial charge is 0.286 e. The van der Waals surface area contributed by atoms with Crippen molar-refractivity contribution in [3.8, 4) is 0 Å². The standard InChI is InChI=1S/C11H14FNOS/c1-3-13(4-2)11(14)15-10-7-5-9(12)6-8-10/h5-8H,3-4H2,1-2H3. The van der Waals surface area contributed by atoms with Crippen LogP contribution in [0.15, 0.2) is 29.2 Å². The van der Waals surface area contributed by atoms with Crippen LogP contribution >= 0.6 is 11.8 Å². The lowest BCUT2D eigenvalue weighted by Gasteiger charge is -2.17. The van der Waals surface area contributed by atoms with Crippen LogP contribution in [0.4, 0.5) is 9.18 Å². The molecule has 0 aliphatic heterocycles. The molecule has 0 bridgehead atoms. The van der Waals surface area contributed by atoms with Crippen molar-refractivity contribution in [1.29, 1.82) is 0 Å². The number of carbonyl (C=O) groups excluding carboxylic acids is 1. The summed E-state index contributed by atoms with van der Waals surface area (Å²) in [4.78, 5) is 14.2. The molecule has 1 aromatic rings. The van der Waals surface area contributed by atoms with E-state index >= 15 is 0 Å². The van der Waals surface area contributed by atoms with Crippen LogP contribution in [-0.2, 0) is 0 Å². The number of halogens is 1. The molecule has 2 nitrogen and oxygen atoms in total. The van der Waals surface area contributed by atoms with Crippen LogP contribution < -0.4 is 0 Å². The summed E-state index contributed by atoms with van der Waals surface area (Å²) in [6, 6.07) is 5.94. The highest BCUT2D eigenvalue weighted by Gasteiger charge is 2.10. The van der Waals surface area contributed by atoms with E-state index in [1.165, 1.54) is 12.1 Å². The van der Waals surface area contributed by atoms with E-state index < -0.39 is 0 Å². The first-order chi connectivity index (χ1) is 7.17. The molecule has 1 rings (SSSR count). The molecule has 0 heterocycles. The van der Waals surface area contributed by atoms with Crippen molar-refractivity contribution in [1.82, 2.24) is 4.90 Å². The van der Waals surface area contributed by atoms with Gasteiger partial charge in [0.1, 0.15) is 5.82 Å². The number of hydrogen-bond acceptors (Lipinski definition) is 2. The van der Waals surface area contributed by atoms with Crippen LogP contribution in [0, 0.1) is 5.82 Å². The predicted molar refractivity (Wildman–Crippen MR) is 60.6 cm³/mol. The molecular weight excluding hydrogens is 213 g/mol. The third-order valence-corrected chi connectivity index (χ3v) is 2.98. The van der Waals surface area contributed by atoms with Gasteiger partial charge in [0.05, 0.1) is 0 Å². The Morgan fingerprint density at radius 2 is 1.80 bits per heavy atom. The van der Waals surface area contributed by atoms with Crippen LogP contribution in [0.2, 0.25) is 0 Å². The van der Waals surface area contributed by atoms with Crippen LogP contribution in [0.5, 0.6) is 0 Å². The fourth-order valence-electron chi connectivity index (χ4n) is 1.15. The molecule has 0 atom stereocenters. The van der Waals surface area contributed by atoms with Gasteiger partial charge in [0, 0.05) is 18.0 Å². The predicted octanol–water partition coefficient (Wildman–Crippen LogP) is 3.38. The molecule has 0 aromatic heterocycles. The third-order valence-electron chi connectivity index (χ3n) is 2.04. The van der Waals surface area contributed by atoms with Crippen molar-refractivity contribution in [2.75, 3.05) is 13.1 Å². The number of rotatable bonds is 3. The minimum atomic E-state index is -0.283. The highest BCUT2D eigenvalue weighted by molar-refractivity contribution is 8.13. The van der Waals surface area contributed by atoms with Gasteiger partial charge in [-0.3, -0.25) is 4.79 Å². The van der Waals surface area contributed by atoms with Gasteiger partial charge < -0.3 is 4.90 Å². The minimum absolute atomic E-state index is 0.00612. The van der Waals surface area contributed by atoms with E-state index in [9.17, 15) is 9.18 Å². The van der Waals surface area contributed by atoms with Gasteiger partial charge >= 0.3 is 0 Å². The molecule has 1 amide bonds. The highest BCUT2D eigenvalue weighted by Crippen LogP contribution is 2.21. The van der Waals surface area contributed by atoms with Crippen molar-refractivity contribution < 1.29 is 9.18 Å². The molecule has 0 spiro atoms. The molecule has 0 saturated carbocycles. The molecule has 0 radical (unpaired) electrons. The Bertz CT molecular complexity index is 322. The molecule has 4 heteroatoms. The second-order valence-electron chi connectivity index (χ2n) is 2.99. The van der Waals surface area contributed by atoms with Crippen molar-refractivity contribution in [2.45, 2.75) is 18.7 Å². The van der Waals surface area contributed by atoms with E-state index in [2.05, 4.69) is 0 Å². The first kappa shape index (κ1) is 12.0. The molecule has 0 saturated heterocycles. The molecular formula is C11H14FNOS. The highest BCUT2D eigenvalue weighted by atomic mass is 32.2. The van der Waals surface area contributed by atoms with Gasteiger partial charge in [-0.25, -0.2) is 4.39 Å². The lowest BCUT2D eigenvalue weighted by Crippen LogP contribution is -2.26. The third kappa shape index (κ3) is 3.55. The monoisotopic (exact) mass is 227 g/mol. The Morgan fingerprint density at radius 1 is 1.27 bits per heavy atom. The zero-order valence-corrected chi connectivity index (χ0v) is 9.68. The maximum absolute atomic E-state index is 12.6. The molecule has 0 N–H and O–H groups in total. The fourth-order valence-corrected chi connectivity index (χ4v) is 2.01. The van der Waals surface area contributed by atoms with Gasteiger partial charge in [-0.1, -0.05) is 0 Å². The second kappa shape index (κ2) is 5.75. The van der Waals surface area contributed by atoms with Gasteiger partial charge in [0.15, 0.2) is 0 Å². The average Bonchev–Trinajstić information content (AvgIpc) is 2.23. The summed E-state index contributed by atoms with van der Waals surface area (Å²) in [5, 5.41) is 0.00612. The lowest BCUT2D eigenvalue weighted by molar-refractivity contribution is 0.228. The number of benzene rings is 1. The Morgan fingerprint density at radius 3 is 2.27 bits per heavy atom. The van der Waals surface area contributed by atoms with Crippen molar-refractivity contribution in [3.63, 3.8) is 0 Å². The molecule has 0 unspecified atom stereocenters. The van der Waals surface area contributed by atoms with E-state index in [-0.39, 0.29) is 11.1 Å². The van der Waals surface area contributed by atoms with E-state index in [0.29, 0.717) is 13.1 Å². The lowest BCUT2D eigenvalue weighted by atomic mass is 10.4. The summed E-state index contributed by atoms with van der Waals surface area (Å²) in [5.74, 6) is -0.283. The molecule has 0 aliphatic carbocycles. The maximum atomic E-state index is 12.6. The average molecular weight is 227 g/mol. The summed E-state index contributed by atoms with van der Waals surface area (Å²) in [6.45, 7) is 5.27. The van der Waals surface area contributed by atoms with E-state index in [0.717, 1.165) is 16.7 Å². The quantitative estimate of drug-likeness (QED) is 0.738. The second-order valence-corrected chi connectivity index (χ2v) is 4.02. The van der Waals surface area contributed by atoms with Crippen molar-refractivity contribution in [2.24, 2.45) is 0 Å². The number of amides is 1. The first-order valence-electron chi connectivity index (χ1n) is 4.89. The summed E-state index contributed by atoms with van der Waals surface area (Å²) in [5.41, 5.74) is 0. The molecule has 0 aliphatic rings. The van der Waals surface area contributed by atoms with Gasteiger partial charge in [-0.05, 0) is 49.9 Å². The summed E-state index contributed by atoms with van der Waals surface area (Å²) >= 11 is 1.13. The van der Waals surface area contributed by atoms with Crippen LogP contribution in [0.1, 0.15) is 13.8 Å². The SMILES string of the molecule is CCN(CC)C(=O)Sc1ccc(F)cc1. The summed E-state index contributed by atoms with van der Waals surface area (Å²) in [6.07, 6.45) is 0. The zero-order valence-electron chi connectivity index (χ0n) is 8.87. The van der Waals surface area contributed by atoms with E-state index in [4.69, 9.17) is 0 Å². The van der Waals surface area contributed by atoms with Crippen molar-refractivity contribution in [3.05, 3.63) is 30.1 Å². The van der Waals surface area contributed by atoms with Gasteiger partial charge in [0.2, 0.25) is 0 Å². The van der Waals surface area contributed by atoms with Crippen LogP contribution in [0.3, 0.4) is 0 Å². The van der Waals surface area contributed by atoms with E-state index in [1.807, 2.05) is 13.8 Å².